The second kappa shape index (κ2) is 19.0. The molecule has 0 spiro atoms. The van der Waals surface area contributed by atoms with E-state index in [9.17, 15) is 9.59 Å². The van der Waals surface area contributed by atoms with Gasteiger partial charge in [-0.05, 0) is 74.0 Å². The highest BCUT2D eigenvalue weighted by atomic mass is 35.5. The van der Waals surface area contributed by atoms with Crippen LogP contribution in [0.25, 0.3) is 0 Å². The largest absolute Gasteiger partial charge is 0.492 e. The minimum absolute atomic E-state index is 0. The van der Waals surface area contributed by atoms with Crippen LogP contribution in [0.3, 0.4) is 0 Å². The lowest BCUT2D eigenvalue weighted by molar-refractivity contribution is -0.138. The molecule has 1 heterocycles. The van der Waals surface area contributed by atoms with Gasteiger partial charge in [-0.3, -0.25) is 9.59 Å². The Morgan fingerprint density at radius 2 is 1.73 bits per heavy atom. The van der Waals surface area contributed by atoms with Crippen LogP contribution in [0.5, 0.6) is 11.5 Å². The molecule has 10 heteroatoms. The number of carbonyl (C=O) groups is 2. The maximum atomic E-state index is 14.1. The van der Waals surface area contributed by atoms with Gasteiger partial charge in [0.15, 0.2) is 11.5 Å². The fourth-order valence-electron chi connectivity index (χ4n) is 5.73. The van der Waals surface area contributed by atoms with E-state index in [-0.39, 0.29) is 36.1 Å². The van der Waals surface area contributed by atoms with Crippen molar-refractivity contribution in [2.75, 3.05) is 44.8 Å². The van der Waals surface area contributed by atoms with Gasteiger partial charge in [-0.1, -0.05) is 81.8 Å². The molecule has 0 unspecified atom stereocenters. The smallest absolute Gasteiger partial charge is 0.256 e. The second-order valence-electron chi connectivity index (χ2n) is 13.2. The average molecular weight is 701 g/mol. The molecule has 1 aliphatic heterocycles. The highest BCUT2D eigenvalue weighted by molar-refractivity contribution is 6.30. The molecule has 1 aliphatic rings. The van der Waals surface area contributed by atoms with Crippen LogP contribution in [0.4, 0.5) is 5.69 Å². The molecule has 8 nitrogen and oxygen atoms in total. The highest BCUT2D eigenvalue weighted by Gasteiger charge is 2.40. The van der Waals surface area contributed by atoms with Crippen molar-refractivity contribution in [3.8, 4) is 11.5 Å². The zero-order valence-electron chi connectivity index (χ0n) is 28.9. The van der Waals surface area contributed by atoms with Crippen molar-refractivity contribution >= 4 is 41.5 Å². The van der Waals surface area contributed by atoms with Crippen molar-refractivity contribution in [3.63, 3.8) is 0 Å². The number of benzene rings is 3. The number of anilines is 1. The maximum Gasteiger partial charge on any atom is 0.256 e. The number of aryl methyl sites for hydroxylation is 1. The maximum absolute atomic E-state index is 14.1. The lowest BCUT2D eigenvalue weighted by Gasteiger charge is -2.31. The molecular weight excluding hydrogens is 649 g/mol. The molecule has 2 N–H and O–H groups in total. The van der Waals surface area contributed by atoms with Gasteiger partial charge in [-0.15, -0.1) is 12.4 Å². The molecule has 2 atom stereocenters. The van der Waals surface area contributed by atoms with E-state index >= 15 is 0 Å². The van der Waals surface area contributed by atoms with Crippen LogP contribution in [0.2, 0.25) is 5.02 Å². The fraction of sp³-hybridized carbons (Fsp3) is 0.474. The van der Waals surface area contributed by atoms with Gasteiger partial charge in [0.1, 0.15) is 12.2 Å². The Hall–Kier alpha value is -3.30. The number of methoxy groups -OCH3 is 1. The van der Waals surface area contributed by atoms with Gasteiger partial charge in [-0.2, -0.15) is 0 Å². The summed E-state index contributed by atoms with van der Waals surface area (Å²) in [6, 6.07) is 21.7. The summed E-state index contributed by atoms with van der Waals surface area (Å²) in [7, 11) is 1.60. The number of nitrogens with zero attached hydrogens (tertiary/aromatic N) is 1. The van der Waals surface area contributed by atoms with E-state index in [1.807, 2.05) is 43.3 Å². The van der Waals surface area contributed by atoms with Crippen molar-refractivity contribution in [1.82, 2.24) is 10.6 Å². The first-order valence-electron chi connectivity index (χ1n) is 16.7. The third-order valence-corrected chi connectivity index (χ3v) is 8.13. The second-order valence-corrected chi connectivity index (χ2v) is 13.6. The molecule has 48 heavy (non-hydrogen) atoms. The van der Waals surface area contributed by atoms with Crippen molar-refractivity contribution < 1.29 is 23.8 Å². The number of carbonyl (C=O) groups excluding carboxylic acids is 2. The number of ether oxygens (including phenoxy) is 3. The summed E-state index contributed by atoms with van der Waals surface area (Å²) in [5.74, 6) is 0.604. The summed E-state index contributed by atoms with van der Waals surface area (Å²) in [5, 5.41) is 6.91. The van der Waals surface area contributed by atoms with Gasteiger partial charge in [0.05, 0.1) is 20.1 Å². The zero-order valence-corrected chi connectivity index (χ0v) is 30.4. The number of fused-ring (bicyclic) bond motifs is 1. The number of hydrogen-bond acceptors (Lipinski definition) is 6. The third-order valence-electron chi connectivity index (χ3n) is 7.89. The van der Waals surface area contributed by atoms with Crippen molar-refractivity contribution in [1.29, 1.82) is 0 Å². The van der Waals surface area contributed by atoms with E-state index in [0.717, 1.165) is 44.3 Å². The van der Waals surface area contributed by atoms with E-state index in [1.54, 1.807) is 18.1 Å². The molecular formula is C38H51Cl2N3O5. The Morgan fingerprint density at radius 3 is 2.44 bits per heavy atom. The predicted molar refractivity (Wildman–Crippen MR) is 196 cm³/mol. The monoisotopic (exact) mass is 699 g/mol. The molecule has 0 aliphatic carbocycles. The van der Waals surface area contributed by atoms with Gasteiger partial charge >= 0.3 is 0 Å². The summed E-state index contributed by atoms with van der Waals surface area (Å²) >= 11 is 6.56. The van der Waals surface area contributed by atoms with E-state index in [0.29, 0.717) is 47.5 Å². The normalized spacial score (nSPS) is 16.0. The number of amides is 2. The first kappa shape index (κ1) is 39.1. The molecule has 3 aromatic carbocycles. The zero-order chi connectivity index (χ0) is 33.8. The van der Waals surface area contributed by atoms with Crippen molar-refractivity contribution in [2.24, 2.45) is 5.41 Å². The van der Waals surface area contributed by atoms with Gasteiger partial charge in [0, 0.05) is 34.9 Å². The Balaban J connectivity index is 0.00000625. The minimum Gasteiger partial charge on any atom is -0.492 e. The molecule has 0 bridgehead atoms. The molecule has 4 rings (SSSR count). The van der Waals surface area contributed by atoms with Crippen LogP contribution in [0.1, 0.15) is 76.2 Å². The first-order chi connectivity index (χ1) is 22.6. The SMILES string of the molecule is CCCNC(=O)C[C@H]1O[C@H](c2cccc(OCCCNCCCc3ccccc3)c2OC)c2cc(Cl)ccc2N(CC(C)(C)C)C1=O.Cl. The number of hydrogen-bond donors (Lipinski definition) is 2. The minimum atomic E-state index is -1.02. The quantitative estimate of drug-likeness (QED) is 0.150. The predicted octanol–water partition coefficient (Wildman–Crippen LogP) is 7.55. The summed E-state index contributed by atoms with van der Waals surface area (Å²) in [5.41, 5.74) is 3.24. The summed E-state index contributed by atoms with van der Waals surface area (Å²) in [4.78, 5) is 28.8. The van der Waals surface area contributed by atoms with Crippen LogP contribution in [-0.2, 0) is 20.7 Å². The first-order valence-corrected chi connectivity index (χ1v) is 17.1. The standard InChI is InChI=1S/C38H50ClN3O5.ClH/c1-6-20-41-34(43)25-33-37(44)42(26-38(2,3)4)31-19-18-28(39)24-30(31)35(47-33)29-16-10-17-32(36(29)45-5)46-23-12-22-40-21-11-15-27-13-8-7-9-14-27;/h7-10,13-14,16-19,24,33,35,40H,6,11-12,15,20-23,25-26H2,1-5H3,(H,41,43);1H/t33-,35-;/m1./s1. The van der Waals surface area contributed by atoms with E-state index in [1.165, 1.54) is 5.56 Å². The molecule has 0 fully saturated rings. The molecule has 262 valence electrons. The van der Waals surface area contributed by atoms with Crippen LogP contribution in [0.15, 0.2) is 66.7 Å². The molecule has 2 amide bonds. The highest BCUT2D eigenvalue weighted by Crippen LogP contribution is 2.45. The summed E-state index contributed by atoms with van der Waals surface area (Å²) in [6.07, 6.45) is 1.87. The third kappa shape index (κ3) is 11.1. The lowest BCUT2D eigenvalue weighted by atomic mass is 9.94. The van der Waals surface area contributed by atoms with Crippen LogP contribution < -0.4 is 25.0 Å². The fourth-order valence-corrected chi connectivity index (χ4v) is 5.91. The van der Waals surface area contributed by atoms with Gasteiger partial charge in [-0.25, -0.2) is 0 Å². The average Bonchev–Trinajstić information content (AvgIpc) is 3.15. The van der Waals surface area contributed by atoms with Crippen molar-refractivity contribution in [2.45, 2.75) is 72.0 Å². The number of nitrogens with one attached hydrogen (secondary N) is 2. The molecule has 0 saturated carbocycles. The molecule has 0 aromatic heterocycles. The number of para-hydroxylation sites is 1. The van der Waals surface area contributed by atoms with Crippen molar-refractivity contribution in [3.05, 3.63) is 88.4 Å². The lowest BCUT2D eigenvalue weighted by Crippen LogP contribution is -2.45. The summed E-state index contributed by atoms with van der Waals surface area (Å²) in [6.45, 7) is 11.5. The Bertz CT molecular complexity index is 1460. The Kier molecular flexibility index (Phi) is 15.5. The van der Waals surface area contributed by atoms with E-state index < -0.39 is 12.2 Å². The summed E-state index contributed by atoms with van der Waals surface area (Å²) < 4.78 is 18.8. The van der Waals surface area contributed by atoms with Crippen LogP contribution in [0, 0.1) is 5.41 Å². The van der Waals surface area contributed by atoms with Gasteiger partial charge < -0.3 is 29.7 Å². The van der Waals surface area contributed by atoms with Crippen LogP contribution in [-0.4, -0.2) is 57.8 Å². The Labute approximate surface area is 297 Å². The molecule has 0 saturated heterocycles. The van der Waals surface area contributed by atoms with Gasteiger partial charge in [0.25, 0.3) is 5.91 Å². The number of halogens is 2. The topological polar surface area (TPSA) is 89.1 Å². The Morgan fingerprint density at radius 1 is 0.979 bits per heavy atom. The van der Waals surface area contributed by atoms with E-state index in [2.05, 4.69) is 55.7 Å². The van der Waals surface area contributed by atoms with E-state index in [4.69, 9.17) is 25.8 Å². The molecule has 3 aromatic rings. The number of rotatable bonds is 16. The molecule has 0 radical (unpaired) electrons. The van der Waals surface area contributed by atoms with Gasteiger partial charge in [0.2, 0.25) is 5.91 Å². The van der Waals surface area contributed by atoms with Crippen LogP contribution >= 0.6 is 24.0 Å².